The zero-order valence-electron chi connectivity index (χ0n) is 10.7. The Morgan fingerprint density at radius 3 is 2.72 bits per heavy atom. The van der Waals surface area contributed by atoms with Crippen molar-refractivity contribution in [1.82, 2.24) is 20.4 Å². The van der Waals surface area contributed by atoms with E-state index in [1.807, 2.05) is 0 Å². The number of hydrogen-bond donors (Lipinski definition) is 3. The van der Waals surface area contributed by atoms with E-state index < -0.39 is 11.4 Å². The predicted molar refractivity (Wildman–Crippen MR) is 64.9 cm³/mol. The van der Waals surface area contributed by atoms with E-state index in [1.54, 1.807) is 33.3 Å². The molecule has 0 spiro atoms. The largest absolute Gasteiger partial charge is 0.481 e. The first-order valence-electron chi connectivity index (χ1n) is 5.53. The van der Waals surface area contributed by atoms with Gasteiger partial charge in [-0.25, -0.2) is 4.79 Å². The van der Waals surface area contributed by atoms with Gasteiger partial charge in [-0.15, -0.1) is 0 Å². The summed E-state index contributed by atoms with van der Waals surface area (Å²) < 4.78 is 0. The summed E-state index contributed by atoms with van der Waals surface area (Å²) in [7, 11) is 1.64. The molecule has 0 aliphatic rings. The predicted octanol–water partition coefficient (Wildman–Crippen LogP) is 0.662. The van der Waals surface area contributed by atoms with Crippen molar-refractivity contribution in [3.63, 3.8) is 0 Å². The Balaban J connectivity index is 2.43. The Hall–Kier alpha value is -2.05. The van der Waals surface area contributed by atoms with E-state index in [9.17, 15) is 9.59 Å². The van der Waals surface area contributed by atoms with Gasteiger partial charge in [-0.05, 0) is 13.8 Å². The lowest BCUT2D eigenvalue weighted by molar-refractivity contribution is -0.146. The summed E-state index contributed by atoms with van der Waals surface area (Å²) in [5.74, 6) is -0.944. The van der Waals surface area contributed by atoms with Crippen LogP contribution in [0.3, 0.4) is 0 Å². The quantitative estimate of drug-likeness (QED) is 0.719. The maximum absolute atomic E-state index is 11.7. The number of aliphatic carboxylic acids is 1. The minimum Gasteiger partial charge on any atom is -0.481 e. The lowest BCUT2D eigenvalue weighted by atomic mass is 9.94. The molecule has 0 bridgehead atoms. The van der Waals surface area contributed by atoms with Crippen LogP contribution in [0.5, 0.6) is 0 Å². The minimum atomic E-state index is -0.980. The number of H-pyrrole nitrogens is 1. The zero-order valence-corrected chi connectivity index (χ0v) is 10.7. The second kappa shape index (κ2) is 5.52. The molecule has 7 nitrogen and oxygen atoms in total. The SMILES string of the molecule is CN(Cc1cn[nH]c1)C(=O)NCC(C)(C)C(=O)O. The number of carbonyl (C=O) groups is 2. The Morgan fingerprint density at radius 1 is 1.56 bits per heavy atom. The highest BCUT2D eigenvalue weighted by Crippen LogP contribution is 2.13. The Morgan fingerprint density at radius 2 is 2.22 bits per heavy atom. The highest BCUT2D eigenvalue weighted by atomic mass is 16.4. The molecule has 0 fully saturated rings. The van der Waals surface area contributed by atoms with Gasteiger partial charge >= 0.3 is 12.0 Å². The molecule has 1 heterocycles. The fourth-order valence-electron chi connectivity index (χ4n) is 1.22. The van der Waals surface area contributed by atoms with Crippen LogP contribution in [-0.2, 0) is 11.3 Å². The van der Waals surface area contributed by atoms with Crippen molar-refractivity contribution in [3.8, 4) is 0 Å². The average Bonchev–Trinajstić information content (AvgIpc) is 2.78. The molecule has 0 aliphatic carbocycles. The van der Waals surface area contributed by atoms with Gasteiger partial charge in [0.2, 0.25) is 0 Å². The fourth-order valence-corrected chi connectivity index (χ4v) is 1.22. The summed E-state index contributed by atoms with van der Waals surface area (Å²) in [5, 5.41) is 18.0. The van der Waals surface area contributed by atoms with Gasteiger partial charge in [0, 0.05) is 25.4 Å². The van der Waals surface area contributed by atoms with Crippen LogP contribution in [0.1, 0.15) is 19.4 Å². The van der Waals surface area contributed by atoms with Crippen molar-refractivity contribution >= 4 is 12.0 Å². The molecule has 0 saturated carbocycles. The number of nitrogens with zero attached hydrogens (tertiary/aromatic N) is 2. The maximum Gasteiger partial charge on any atom is 0.317 e. The fraction of sp³-hybridized carbons (Fsp3) is 0.545. The molecular formula is C11H18N4O3. The first-order chi connectivity index (χ1) is 8.33. The number of carboxylic acid groups (broad SMARTS) is 1. The number of nitrogens with one attached hydrogen (secondary N) is 2. The van der Waals surface area contributed by atoms with Gasteiger partial charge in [-0.2, -0.15) is 5.10 Å². The van der Waals surface area contributed by atoms with Crippen LogP contribution in [0.15, 0.2) is 12.4 Å². The van der Waals surface area contributed by atoms with E-state index in [0.717, 1.165) is 5.56 Å². The van der Waals surface area contributed by atoms with Gasteiger partial charge in [0.25, 0.3) is 0 Å². The molecule has 7 heteroatoms. The van der Waals surface area contributed by atoms with Crippen LogP contribution >= 0.6 is 0 Å². The van der Waals surface area contributed by atoms with E-state index in [-0.39, 0.29) is 12.6 Å². The molecule has 18 heavy (non-hydrogen) atoms. The summed E-state index contributed by atoms with van der Waals surface area (Å²) in [4.78, 5) is 24.1. The highest BCUT2D eigenvalue weighted by Gasteiger charge is 2.28. The minimum absolute atomic E-state index is 0.0803. The molecule has 0 atom stereocenters. The van der Waals surface area contributed by atoms with Crippen LogP contribution in [0.25, 0.3) is 0 Å². The topological polar surface area (TPSA) is 98.3 Å². The third kappa shape index (κ3) is 3.76. The zero-order chi connectivity index (χ0) is 13.8. The second-order valence-corrected chi connectivity index (χ2v) is 4.81. The van der Waals surface area contributed by atoms with Crippen molar-refractivity contribution < 1.29 is 14.7 Å². The van der Waals surface area contributed by atoms with Crippen molar-refractivity contribution in [2.24, 2.45) is 5.41 Å². The van der Waals surface area contributed by atoms with Gasteiger partial charge in [0.15, 0.2) is 0 Å². The van der Waals surface area contributed by atoms with Gasteiger partial charge < -0.3 is 15.3 Å². The first-order valence-corrected chi connectivity index (χ1v) is 5.53. The van der Waals surface area contributed by atoms with Crippen molar-refractivity contribution in [2.75, 3.05) is 13.6 Å². The smallest absolute Gasteiger partial charge is 0.317 e. The van der Waals surface area contributed by atoms with Gasteiger partial charge in [0.05, 0.1) is 18.2 Å². The molecule has 0 unspecified atom stereocenters. The molecule has 100 valence electrons. The van der Waals surface area contributed by atoms with Crippen LogP contribution in [0.2, 0.25) is 0 Å². The molecule has 0 radical (unpaired) electrons. The highest BCUT2D eigenvalue weighted by molar-refractivity contribution is 5.77. The summed E-state index contributed by atoms with van der Waals surface area (Å²) in [6.07, 6.45) is 3.33. The average molecular weight is 254 g/mol. The van der Waals surface area contributed by atoms with E-state index in [1.165, 1.54) is 4.90 Å². The van der Waals surface area contributed by atoms with Crippen molar-refractivity contribution in [3.05, 3.63) is 18.0 Å². The third-order valence-electron chi connectivity index (χ3n) is 2.58. The Labute approximate surface area is 105 Å². The summed E-state index contributed by atoms with van der Waals surface area (Å²) >= 11 is 0. The van der Waals surface area contributed by atoms with Gasteiger partial charge in [0.1, 0.15) is 0 Å². The molecule has 1 rings (SSSR count). The summed E-state index contributed by atoms with van der Waals surface area (Å²) in [6, 6.07) is -0.314. The van der Waals surface area contributed by atoms with Crippen molar-refractivity contribution in [1.29, 1.82) is 0 Å². The number of amides is 2. The van der Waals surface area contributed by atoms with E-state index in [2.05, 4.69) is 15.5 Å². The normalized spacial score (nSPS) is 11.1. The first kappa shape index (κ1) is 14.0. The molecular weight excluding hydrogens is 236 g/mol. The van der Waals surface area contributed by atoms with Crippen LogP contribution in [0, 0.1) is 5.41 Å². The lowest BCUT2D eigenvalue weighted by Crippen LogP contribution is -2.43. The summed E-state index contributed by atoms with van der Waals surface area (Å²) in [5.41, 5.74) is -0.100. The number of aromatic nitrogens is 2. The maximum atomic E-state index is 11.7. The number of carboxylic acids is 1. The molecule has 2 amide bonds. The van der Waals surface area contributed by atoms with Gasteiger partial charge in [-0.1, -0.05) is 0 Å². The van der Waals surface area contributed by atoms with Crippen molar-refractivity contribution in [2.45, 2.75) is 20.4 Å². The van der Waals surface area contributed by atoms with E-state index in [0.29, 0.717) is 6.54 Å². The molecule has 0 saturated heterocycles. The molecule has 1 aromatic rings. The molecule has 3 N–H and O–H groups in total. The molecule has 0 aliphatic heterocycles. The Bertz CT molecular complexity index is 414. The molecule has 1 aromatic heterocycles. The Kier molecular flexibility index (Phi) is 4.30. The standard InChI is InChI=1S/C11H18N4O3/c1-11(2,9(16)17)7-12-10(18)15(3)6-8-4-13-14-5-8/h4-5H,6-7H2,1-3H3,(H,12,18)(H,13,14)(H,16,17). The van der Waals surface area contributed by atoms with E-state index in [4.69, 9.17) is 5.11 Å². The number of aromatic amines is 1. The lowest BCUT2D eigenvalue weighted by Gasteiger charge is -2.22. The monoisotopic (exact) mass is 254 g/mol. The number of urea groups is 1. The van der Waals surface area contributed by atoms with Crippen LogP contribution in [0.4, 0.5) is 4.79 Å². The number of hydrogen-bond acceptors (Lipinski definition) is 3. The number of rotatable bonds is 5. The number of carbonyl (C=O) groups excluding carboxylic acids is 1. The third-order valence-corrected chi connectivity index (χ3v) is 2.58. The molecule has 0 aromatic carbocycles. The van der Waals surface area contributed by atoms with Gasteiger partial charge in [-0.3, -0.25) is 9.89 Å². The van der Waals surface area contributed by atoms with Crippen LogP contribution < -0.4 is 5.32 Å². The van der Waals surface area contributed by atoms with Crippen LogP contribution in [-0.4, -0.2) is 45.8 Å². The summed E-state index contributed by atoms with van der Waals surface area (Å²) in [6.45, 7) is 3.62. The van der Waals surface area contributed by atoms with E-state index >= 15 is 0 Å². The second-order valence-electron chi connectivity index (χ2n) is 4.81.